The van der Waals surface area contributed by atoms with Gasteiger partial charge >= 0.3 is 0 Å². The monoisotopic (exact) mass is 328 g/mol. The van der Waals surface area contributed by atoms with E-state index in [1.54, 1.807) is 6.07 Å². The zero-order chi connectivity index (χ0) is 11.1. The summed E-state index contributed by atoms with van der Waals surface area (Å²) in [5, 5.41) is 2.23. The van der Waals surface area contributed by atoms with Crippen molar-refractivity contribution in [3.05, 3.63) is 21.3 Å². The molecule has 1 fully saturated rings. The first kappa shape index (κ1) is 11.9. The molecule has 2 atom stereocenters. The predicted octanol–water partition coefficient (Wildman–Crippen LogP) is 3.41. The highest BCUT2D eigenvalue weighted by atomic mass is 79.9. The number of rotatable bonds is 2. The molecule has 2 rings (SSSR count). The molecule has 2 heterocycles. The third-order valence-corrected chi connectivity index (χ3v) is 8.08. The Morgan fingerprint density at radius 1 is 1.60 bits per heavy atom. The van der Waals surface area contributed by atoms with Crippen LogP contribution in [0.3, 0.4) is 0 Å². The second-order valence-electron chi connectivity index (χ2n) is 3.58. The average Bonchev–Trinajstić information content (AvgIpc) is 2.70. The molecule has 1 saturated heterocycles. The lowest BCUT2D eigenvalue weighted by Gasteiger charge is -2.15. The fourth-order valence-electron chi connectivity index (χ4n) is 1.82. The molecule has 0 saturated carbocycles. The highest BCUT2D eigenvalue weighted by Crippen LogP contribution is 2.42. The molecule has 6 heteroatoms. The van der Waals surface area contributed by atoms with Crippen LogP contribution < -0.4 is 0 Å². The summed E-state index contributed by atoms with van der Waals surface area (Å²) >= 11 is 11.0. The lowest BCUT2D eigenvalue weighted by atomic mass is 10.2. The van der Waals surface area contributed by atoms with Crippen LogP contribution >= 0.6 is 38.9 Å². The normalized spacial score (nSPS) is 26.7. The Morgan fingerprint density at radius 2 is 2.33 bits per heavy atom. The molecule has 1 aliphatic rings. The third kappa shape index (κ3) is 2.25. The molecule has 2 nitrogen and oxygen atoms in total. The summed E-state index contributed by atoms with van der Waals surface area (Å²) in [6.07, 6.45) is 1.49. The molecular weight excluding hydrogens is 320 g/mol. The Hall–Kier alpha value is 0.420. The maximum Gasteiger partial charge on any atom is 0.154 e. The molecule has 0 spiro atoms. The number of sulfone groups is 1. The largest absolute Gasteiger partial charge is 0.228 e. The van der Waals surface area contributed by atoms with Crippen molar-refractivity contribution >= 4 is 48.7 Å². The summed E-state index contributed by atoms with van der Waals surface area (Å²) in [5.41, 5.74) is 0. The lowest BCUT2D eigenvalue weighted by Crippen LogP contribution is -2.20. The Balaban J connectivity index is 2.29. The minimum absolute atomic E-state index is 0.155. The topological polar surface area (TPSA) is 34.1 Å². The van der Waals surface area contributed by atoms with Crippen molar-refractivity contribution in [2.75, 3.05) is 5.75 Å². The van der Waals surface area contributed by atoms with Crippen LogP contribution in [0.4, 0.5) is 0 Å². The first-order valence-electron chi connectivity index (χ1n) is 4.61. The minimum atomic E-state index is -2.93. The van der Waals surface area contributed by atoms with E-state index in [0.29, 0.717) is 10.8 Å². The summed E-state index contributed by atoms with van der Waals surface area (Å²) in [5.74, 6) is 0.308. The Labute approximate surface area is 107 Å². The molecule has 15 heavy (non-hydrogen) atoms. The Morgan fingerprint density at radius 3 is 2.80 bits per heavy atom. The van der Waals surface area contributed by atoms with Gasteiger partial charge in [0.25, 0.3) is 0 Å². The number of thiophene rings is 1. The van der Waals surface area contributed by atoms with Gasteiger partial charge in [0.1, 0.15) is 0 Å². The Kier molecular flexibility index (Phi) is 3.45. The van der Waals surface area contributed by atoms with Crippen molar-refractivity contribution in [3.63, 3.8) is 0 Å². The molecule has 0 bridgehead atoms. The molecular formula is C9H10BrClO2S2. The molecule has 1 aromatic rings. The summed E-state index contributed by atoms with van der Waals surface area (Å²) in [6, 6.07) is 1.80. The van der Waals surface area contributed by atoms with Gasteiger partial charge in [-0.3, -0.25) is 0 Å². The van der Waals surface area contributed by atoms with Crippen LogP contribution in [0.2, 0.25) is 5.02 Å². The van der Waals surface area contributed by atoms with E-state index in [1.165, 1.54) is 11.3 Å². The fraction of sp³-hybridized carbons (Fsp3) is 0.556. The highest BCUT2D eigenvalue weighted by molar-refractivity contribution is 9.09. The number of hydrogen-bond acceptors (Lipinski definition) is 3. The van der Waals surface area contributed by atoms with Crippen molar-refractivity contribution < 1.29 is 8.42 Å². The zero-order valence-corrected chi connectivity index (χ0v) is 11.8. The van der Waals surface area contributed by atoms with Crippen LogP contribution in [0.25, 0.3) is 0 Å². The van der Waals surface area contributed by atoms with E-state index in [-0.39, 0.29) is 10.1 Å². The molecule has 0 N–H and O–H groups in total. The van der Waals surface area contributed by atoms with E-state index < -0.39 is 9.84 Å². The van der Waals surface area contributed by atoms with Gasteiger partial charge in [0.2, 0.25) is 0 Å². The zero-order valence-electron chi connectivity index (χ0n) is 7.82. The molecule has 0 radical (unpaired) electrons. The fourth-order valence-corrected chi connectivity index (χ4v) is 6.97. The summed E-state index contributed by atoms with van der Waals surface area (Å²) in [4.78, 5) is 0.768. The van der Waals surface area contributed by atoms with Gasteiger partial charge < -0.3 is 0 Å². The highest BCUT2D eigenvalue weighted by Gasteiger charge is 2.38. The van der Waals surface area contributed by atoms with Gasteiger partial charge in [0.05, 0.1) is 20.9 Å². The molecule has 0 aromatic carbocycles. The van der Waals surface area contributed by atoms with Crippen molar-refractivity contribution in [2.45, 2.75) is 22.9 Å². The van der Waals surface area contributed by atoms with Gasteiger partial charge in [-0.25, -0.2) is 8.42 Å². The van der Waals surface area contributed by atoms with Crippen LogP contribution in [0.5, 0.6) is 0 Å². The smallest absolute Gasteiger partial charge is 0.154 e. The second-order valence-corrected chi connectivity index (χ2v) is 8.26. The van der Waals surface area contributed by atoms with E-state index >= 15 is 0 Å². The number of hydrogen-bond donors (Lipinski definition) is 0. The summed E-state index contributed by atoms with van der Waals surface area (Å²) in [6.45, 7) is 0. The standard InChI is InChI=1S/C9H10BrClO2S2/c10-8(9-6(11)3-4-14-9)7-2-1-5-15(7,12)13/h3-4,7-8H,1-2,5H2. The van der Waals surface area contributed by atoms with E-state index in [1.807, 2.05) is 5.38 Å². The maximum atomic E-state index is 11.7. The van der Waals surface area contributed by atoms with Gasteiger partial charge in [-0.1, -0.05) is 27.5 Å². The Bertz CT molecular complexity index is 454. The lowest BCUT2D eigenvalue weighted by molar-refractivity contribution is 0.588. The number of halogens is 2. The first-order valence-corrected chi connectivity index (χ1v) is 8.50. The SMILES string of the molecule is O=S1(=O)CCCC1C(Br)c1sccc1Cl. The van der Waals surface area contributed by atoms with Gasteiger partial charge in [-0.2, -0.15) is 0 Å². The molecule has 2 unspecified atom stereocenters. The van der Waals surface area contributed by atoms with Gasteiger partial charge in [0.15, 0.2) is 9.84 Å². The van der Waals surface area contributed by atoms with E-state index in [2.05, 4.69) is 15.9 Å². The van der Waals surface area contributed by atoms with Crippen LogP contribution in [-0.4, -0.2) is 19.4 Å². The quantitative estimate of drug-likeness (QED) is 0.779. The first-order chi connectivity index (χ1) is 7.02. The molecule has 1 aromatic heterocycles. The average molecular weight is 330 g/mol. The van der Waals surface area contributed by atoms with Crippen LogP contribution in [-0.2, 0) is 9.84 Å². The summed E-state index contributed by atoms with van der Waals surface area (Å²) < 4.78 is 23.5. The van der Waals surface area contributed by atoms with E-state index in [0.717, 1.165) is 17.7 Å². The van der Waals surface area contributed by atoms with Crippen molar-refractivity contribution in [2.24, 2.45) is 0 Å². The van der Waals surface area contributed by atoms with Crippen LogP contribution in [0, 0.1) is 0 Å². The second kappa shape index (κ2) is 4.35. The summed E-state index contributed by atoms with van der Waals surface area (Å²) in [7, 11) is -2.93. The van der Waals surface area contributed by atoms with Gasteiger partial charge in [0, 0.05) is 4.88 Å². The van der Waals surface area contributed by atoms with Crippen molar-refractivity contribution in [1.82, 2.24) is 0 Å². The number of alkyl halides is 1. The molecule has 0 amide bonds. The van der Waals surface area contributed by atoms with E-state index in [9.17, 15) is 8.42 Å². The maximum absolute atomic E-state index is 11.7. The predicted molar refractivity (Wildman–Crippen MR) is 67.8 cm³/mol. The van der Waals surface area contributed by atoms with Crippen LogP contribution in [0.1, 0.15) is 22.5 Å². The van der Waals surface area contributed by atoms with Crippen molar-refractivity contribution in [1.29, 1.82) is 0 Å². The van der Waals surface area contributed by atoms with E-state index in [4.69, 9.17) is 11.6 Å². The third-order valence-electron chi connectivity index (χ3n) is 2.60. The van der Waals surface area contributed by atoms with Crippen LogP contribution in [0.15, 0.2) is 11.4 Å². The molecule has 0 aliphatic carbocycles. The molecule has 1 aliphatic heterocycles. The van der Waals surface area contributed by atoms with Gasteiger partial charge in [-0.15, -0.1) is 11.3 Å². The minimum Gasteiger partial charge on any atom is -0.228 e. The van der Waals surface area contributed by atoms with Gasteiger partial charge in [-0.05, 0) is 24.3 Å². The molecule has 84 valence electrons. The van der Waals surface area contributed by atoms with Crippen molar-refractivity contribution in [3.8, 4) is 0 Å².